The van der Waals surface area contributed by atoms with Crippen molar-refractivity contribution in [1.82, 2.24) is 25.1 Å². The second-order valence-electron chi connectivity index (χ2n) is 8.38. The van der Waals surface area contributed by atoms with E-state index in [1.165, 1.54) is 0 Å². The quantitative estimate of drug-likeness (QED) is 0.659. The molecule has 0 bridgehead atoms. The predicted molar refractivity (Wildman–Crippen MR) is 128 cm³/mol. The highest BCUT2D eigenvalue weighted by molar-refractivity contribution is 5.88. The van der Waals surface area contributed by atoms with Crippen LogP contribution in [0.15, 0.2) is 77.9 Å². The molecule has 1 aromatic carbocycles. The molecule has 32 heavy (non-hydrogen) atoms. The zero-order valence-electron chi connectivity index (χ0n) is 18.4. The first-order valence-electron chi connectivity index (χ1n) is 10.8. The van der Waals surface area contributed by atoms with Crippen molar-refractivity contribution in [2.45, 2.75) is 5.66 Å². The van der Waals surface area contributed by atoms with Crippen LogP contribution in [0, 0.1) is 0 Å². The number of aliphatic imine (C=N–C) groups is 1. The van der Waals surface area contributed by atoms with Gasteiger partial charge in [-0.1, -0.05) is 30.3 Å². The zero-order chi connectivity index (χ0) is 22.1. The van der Waals surface area contributed by atoms with Gasteiger partial charge in [-0.2, -0.15) is 0 Å². The van der Waals surface area contributed by atoms with Gasteiger partial charge in [0.1, 0.15) is 11.6 Å². The third-order valence-electron chi connectivity index (χ3n) is 6.02. The molecular formula is C24H28N8. The van der Waals surface area contributed by atoms with E-state index < -0.39 is 5.66 Å². The van der Waals surface area contributed by atoms with Gasteiger partial charge in [-0.15, -0.1) is 0 Å². The van der Waals surface area contributed by atoms with Crippen molar-refractivity contribution in [2.75, 3.05) is 45.2 Å². The molecular weight excluding hydrogens is 400 g/mol. The maximum absolute atomic E-state index is 6.97. The Balaban J connectivity index is 1.47. The van der Waals surface area contributed by atoms with Crippen LogP contribution in [-0.2, 0) is 5.66 Å². The number of aromatic nitrogens is 2. The highest BCUT2D eigenvalue weighted by Gasteiger charge is 2.34. The molecule has 2 aliphatic rings. The van der Waals surface area contributed by atoms with Crippen LogP contribution in [-0.4, -0.2) is 66.0 Å². The molecule has 0 radical (unpaired) electrons. The van der Waals surface area contributed by atoms with Gasteiger partial charge < -0.3 is 20.0 Å². The summed E-state index contributed by atoms with van der Waals surface area (Å²) in [6, 6.07) is 14.2. The van der Waals surface area contributed by atoms with Crippen molar-refractivity contribution >= 4 is 22.5 Å². The number of nitrogens with one attached hydrogen (secondary N) is 1. The molecule has 5 rings (SSSR count). The Kier molecular flexibility index (Phi) is 5.14. The fourth-order valence-electron chi connectivity index (χ4n) is 4.25. The van der Waals surface area contributed by atoms with Gasteiger partial charge in [-0.05, 0) is 17.5 Å². The van der Waals surface area contributed by atoms with E-state index in [2.05, 4.69) is 37.2 Å². The van der Waals surface area contributed by atoms with Gasteiger partial charge >= 0.3 is 0 Å². The minimum absolute atomic E-state index is 0.785. The van der Waals surface area contributed by atoms with Gasteiger partial charge in [-0.3, -0.25) is 10.7 Å². The van der Waals surface area contributed by atoms with Gasteiger partial charge in [0.25, 0.3) is 0 Å². The molecule has 1 saturated heterocycles. The van der Waals surface area contributed by atoms with E-state index in [0.29, 0.717) is 0 Å². The number of anilines is 1. The molecule has 4 heterocycles. The molecule has 1 atom stereocenters. The smallest absolute Gasteiger partial charge is 0.202 e. The van der Waals surface area contributed by atoms with E-state index in [9.17, 15) is 0 Å². The zero-order valence-corrected chi connectivity index (χ0v) is 18.4. The number of fused-ring (bicyclic) bond motifs is 1. The Bertz CT molecular complexity index is 1160. The van der Waals surface area contributed by atoms with Crippen molar-refractivity contribution in [3.63, 3.8) is 0 Å². The molecule has 164 valence electrons. The number of benzene rings is 1. The van der Waals surface area contributed by atoms with Crippen LogP contribution in [0.1, 0.15) is 5.56 Å². The molecule has 0 aliphatic carbocycles. The Morgan fingerprint density at radius 1 is 0.969 bits per heavy atom. The Morgan fingerprint density at radius 3 is 2.47 bits per heavy atom. The van der Waals surface area contributed by atoms with Gasteiger partial charge in [0.05, 0.1) is 0 Å². The van der Waals surface area contributed by atoms with Crippen LogP contribution < -0.4 is 16.0 Å². The molecule has 8 heteroatoms. The summed E-state index contributed by atoms with van der Waals surface area (Å²) in [5.41, 5.74) is 6.84. The maximum atomic E-state index is 6.97. The molecule has 2 aromatic heterocycles. The van der Waals surface area contributed by atoms with Crippen LogP contribution in [0.4, 0.5) is 5.82 Å². The van der Waals surface area contributed by atoms with Crippen LogP contribution in [0.25, 0.3) is 10.8 Å². The highest BCUT2D eigenvalue weighted by atomic mass is 15.4. The van der Waals surface area contributed by atoms with E-state index in [1.54, 1.807) is 0 Å². The number of hydrogen-bond donors (Lipinski definition) is 2. The second-order valence-corrected chi connectivity index (χ2v) is 8.38. The summed E-state index contributed by atoms with van der Waals surface area (Å²) in [5, 5.41) is 5.59. The molecule has 1 unspecified atom stereocenters. The molecule has 0 spiro atoms. The Hall–Kier alpha value is -3.65. The molecule has 3 aromatic rings. The van der Waals surface area contributed by atoms with Gasteiger partial charge in [0.2, 0.25) is 5.96 Å². The van der Waals surface area contributed by atoms with Crippen LogP contribution in [0.5, 0.6) is 0 Å². The fraction of sp³-hybridized carbons (Fsp3) is 0.292. The number of pyridine rings is 2. The van der Waals surface area contributed by atoms with Crippen molar-refractivity contribution in [3.8, 4) is 0 Å². The number of piperazine rings is 1. The van der Waals surface area contributed by atoms with Crippen LogP contribution in [0.3, 0.4) is 0 Å². The normalized spacial score (nSPS) is 21.1. The lowest BCUT2D eigenvalue weighted by Crippen LogP contribution is -2.56. The first-order chi connectivity index (χ1) is 15.5. The lowest BCUT2D eigenvalue weighted by atomic mass is 9.95. The van der Waals surface area contributed by atoms with E-state index in [0.717, 1.165) is 60.1 Å². The lowest BCUT2D eigenvalue weighted by Gasteiger charge is -2.41. The third kappa shape index (κ3) is 3.73. The predicted octanol–water partition coefficient (Wildman–Crippen LogP) is 1.93. The summed E-state index contributed by atoms with van der Waals surface area (Å²) in [6.07, 6.45) is 7.51. The highest BCUT2D eigenvalue weighted by Crippen LogP contribution is 2.31. The SMILES string of the molecule is CN(C)C1=CC(N)(c2cncc3ccccc23)N=C(N2CCN(c3ccccn3)CC2)N1. The lowest BCUT2D eigenvalue weighted by molar-refractivity contribution is 0.352. The summed E-state index contributed by atoms with van der Waals surface area (Å²) in [7, 11) is 4.01. The summed E-state index contributed by atoms with van der Waals surface area (Å²) in [4.78, 5) is 20.5. The topological polar surface area (TPSA) is 85.9 Å². The van der Waals surface area contributed by atoms with E-state index in [-0.39, 0.29) is 0 Å². The Morgan fingerprint density at radius 2 is 1.72 bits per heavy atom. The monoisotopic (exact) mass is 428 g/mol. The molecule has 8 nitrogen and oxygen atoms in total. The molecule has 0 amide bonds. The minimum Gasteiger partial charge on any atom is -0.364 e. The molecule has 0 saturated carbocycles. The number of hydrogen-bond acceptors (Lipinski definition) is 8. The minimum atomic E-state index is -1.02. The Labute approximate surface area is 188 Å². The van der Waals surface area contributed by atoms with Crippen LogP contribution >= 0.6 is 0 Å². The van der Waals surface area contributed by atoms with Crippen molar-refractivity contribution in [1.29, 1.82) is 0 Å². The summed E-state index contributed by atoms with van der Waals surface area (Å²) in [6.45, 7) is 3.39. The standard InChI is InChI=1S/C24H28N8/c1-30(2)22-15-24(25,20-17-26-16-18-7-3-4-8-19(18)20)29-23(28-22)32-13-11-31(12-14-32)21-9-5-6-10-27-21/h3-10,15-17H,11-14,25H2,1-2H3,(H,28,29). The second kappa shape index (κ2) is 8.12. The number of nitrogens with zero attached hydrogens (tertiary/aromatic N) is 6. The third-order valence-corrected chi connectivity index (χ3v) is 6.02. The number of nitrogens with two attached hydrogens (primary N) is 1. The molecule has 3 N–H and O–H groups in total. The molecule has 2 aliphatic heterocycles. The maximum Gasteiger partial charge on any atom is 0.202 e. The van der Waals surface area contributed by atoms with Gasteiger partial charge in [0.15, 0.2) is 5.66 Å². The van der Waals surface area contributed by atoms with Crippen molar-refractivity contribution in [3.05, 3.63) is 78.5 Å². The van der Waals surface area contributed by atoms with E-state index in [1.807, 2.05) is 74.0 Å². The first-order valence-corrected chi connectivity index (χ1v) is 10.8. The largest absolute Gasteiger partial charge is 0.364 e. The van der Waals surface area contributed by atoms with Crippen LogP contribution in [0.2, 0.25) is 0 Å². The average Bonchev–Trinajstić information content (AvgIpc) is 2.84. The van der Waals surface area contributed by atoms with Crippen molar-refractivity contribution in [2.24, 2.45) is 10.7 Å². The summed E-state index contributed by atoms with van der Waals surface area (Å²) < 4.78 is 0. The first kappa shape index (κ1) is 20.3. The van der Waals surface area contributed by atoms with Gasteiger partial charge in [0, 0.05) is 75.9 Å². The van der Waals surface area contributed by atoms with Crippen molar-refractivity contribution < 1.29 is 0 Å². The fourth-order valence-corrected chi connectivity index (χ4v) is 4.25. The van der Waals surface area contributed by atoms with Gasteiger partial charge in [-0.25, -0.2) is 9.98 Å². The summed E-state index contributed by atoms with van der Waals surface area (Å²) >= 11 is 0. The van der Waals surface area contributed by atoms with E-state index >= 15 is 0 Å². The average molecular weight is 429 g/mol. The molecule has 1 fully saturated rings. The number of rotatable bonds is 3. The summed E-state index contributed by atoms with van der Waals surface area (Å²) in [5.74, 6) is 2.71. The van der Waals surface area contributed by atoms with E-state index in [4.69, 9.17) is 10.7 Å². The number of guanidine groups is 1.